The maximum absolute atomic E-state index is 8.75. The van der Waals surface area contributed by atoms with Crippen molar-refractivity contribution < 1.29 is 0 Å². The van der Waals surface area contributed by atoms with Crippen LogP contribution in [-0.2, 0) is 0 Å². The van der Waals surface area contributed by atoms with Crippen LogP contribution >= 0.6 is 39.1 Å². The molecule has 4 nitrogen and oxygen atoms in total. The standard InChI is InChI=1S/C11H5BrCl2N4/c12-7-5-16-11(14)18-10(7)17-9-2-1-6(4-15)3-8(9)13/h1-3,5H,(H,16,17,18). The Labute approximate surface area is 122 Å². The van der Waals surface area contributed by atoms with Crippen molar-refractivity contribution >= 4 is 50.6 Å². The van der Waals surface area contributed by atoms with Gasteiger partial charge in [-0.2, -0.15) is 10.2 Å². The van der Waals surface area contributed by atoms with Gasteiger partial charge in [-0.1, -0.05) is 11.6 Å². The summed E-state index contributed by atoms with van der Waals surface area (Å²) in [5.74, 6) is 0.501. The molecule has 2 aromatic rings. The molecule has 0 atom stereocenters. The molecule has 0 aliphatic carbocycles. The van der Waals surface area contributed by atoms with E-state index in [1.54, 1.807) is 18.2 Å². The normalized spacial score (nSPS) is 9.89. The summed E-state index contributed by atoms with van der Waals surface area (Å²) in [5.41, 5.74) is 1.12. The lowest BCUT2D eigenvalue weighted by Gasteiger charge is -2.09. The van der Waals surface area contributed by atoms with Crippen LogP contribution in [0.1, 0.15) is 5.56 Å². The van der Waals surface area contributed by atoms with E-state index in [9.17, 15) is 0 Å². The fraction of sp³-hybridized carbons (Fsp3) is 0. The van der Waals surface area contributed by atoms with Crippen molar-refractivity contribution in [3.8, 4) is 6.07 Å². The van der Waals surface area contributed by atoms with Gasteiger partial charge in [-0.15, -0.1) is 0 Å². The Morgan fingerprint density at radius 1 is 1.33 bits per heavy atom. The number of nitrogens with one attached hydrogen (secondary N) is 1. The Hall–Kier alpha value is -1.35. The molecule has 0 aliphatic heterocycles. The monoisotopic (exact) mass is 342 g/mol. The molecule has 18 heavy (non-hydrogen) atoms. The molecule has 1 aromatic carbocycles. The minimum atomic E-state index is 0.130. The van der Waals surface area contributed by atoms with E-state index >= 15 is 0 Å². The first-order valence-electron chi connectivity index (χ1n) is 4.75. The zero-order chi connectivity index (χ0) is 13.1. The fourth-order valence-corrected chi connectivity index (χ4v) is 1.90. The third kappa shape index (κ3) is 2.91. The van der Waals surface area contributed by atoms with Gasteiger partial charge in [-0.3, -0.25) is 0 Å². The van der Waals surface area contributed by atoms with Crippen molar-refractivity contribution in [2.75, 3.05) is 5.32 Å². The van der Waals surface area contributed by atoms with Crippen molar-refractivity contribution in [1.82, 2.24) is 9.97 Å². The average Bonchev–Trinajstić information content (AvgIpc) is 2.36. The molecule has 0 saturated carbocycles. The second-order valence-corrected chi connectivity index (χ2v) is 4.87. The first kappa shape index (κ1) is 13.1. The predicted molar refractivity (Wildman–Crippen MR) is 74.2 cm³/mol. The minimum absolute atomic E-state index is 0.130. The summed E-state index contributed by atoms with van der Waals surface area (Å²) in [6.07, 6.45) is 1.54. The van der Waals surface area contributed by atoms with Gasteiger partial charge < -0.3 is 5.32 Å². The van der Waals surface area contributed by atoms with E-state index in [0.29, 0.717) is 26.6 Å². The highest BCUT2D eigenvalue weighted by molar-refractivity contribution is 9.10. The zero-order valence-corrected chi connectivity index (χ0v) is 11.9. The minimum Gasteiger partial charge on any atom is -0.338 e. The molecule has 1 aromatic heterocycles. The number of benzene rings is 1. The lowest BCUT2D eigenvalue weighted by Crippen LogP contribution is -1.97. The number of nitrogens with zero attached hydrogens (tertiary/aromatic N) is 3. The number of nitriles is 1. The van der Waals surface area contributed by atoms with E-state index in [4.69, 9.17) is 28.5 Å². The number of aromatic nitrogens is 2. The molecule has 1 heterocycles. The maximum Gasteiger partial charge on any atom is 0.224 e. The molecule has 0 unspecified atom stereocenters. The van der Waals surface area contributed by atoms with Gasteiger partial charge in [0.2, 0.25) is 5.28 Å². The summed E-state index contributed by atoms with van der Waals surface area (Å²) < 4.78 is 0.660. The van der Waals surface area contributed by atoms with Crippen LogP contribution in [0.2, 0.25) is 10.3 Å². The van der Waals surface area contributed by atoms with Gasteiger partial charge in [0.1, 0.15) is 5.82 Å². The summed E-state index contributed by atoms with van der Waals surface area (Å²) in [6.45, 7) is 0. The molecule has 90 valence electrons. The SMILES string of the molecule is N#Cc1ccc(Nc2nc(Cl)ncc2Br)c(Cl)c1. The van der Waals surface area contributed by atoms with Crippen molar-refractivity contribution in [2.45, 2.75) is 0 Å². The Morgan fingerprint density at radius 3 is 2.78 bits per heavy atom. The van der Waals surface area contributed by atoms with E-state index < -0.39 is 0 Å². The fourth-order valence-electron chi connectivity index (χ4n) is 1.25. The first-order chi connectivity index (χ1) is 8.60. The van der Waals surface area contributed by atoms with Crippen molar-refractivity contribution in [3.63, 3.8) is 0 Å². The molecular weight excluding hydrogens is 339 g/mol. The second kappa shape index (κ2) is 5.53. The van der Waals surface area contributed by atoms with Crippen molar-refractivity contribution in [1.29, 1.82) is 5.26 Å². The molecule has 0 fully saturated rings. The molecule has 7 heteroatoms. The highest BCUT2D eigenvalue weighted by atomic mass is 79.9. The predicted octanol–water partition coefficient (Wildman–Crippen LogP) is 4.16. The number of hydrogen-bond donors (Lipinski definition) is 1. The molecule has 0 aliphatic rings. The van der Waals surface area contributed by atoms with E-state index in [-0.39, 0.29) is 5.28 Å². The highest BCUT2D eigenvalue weighted by Crippen LogP contribution is 2.29. The molecule has 2 rings (SSSR count). The summed E-state index contributed by atoms with van der Waals surface area (Å²) >= 11 is 15.1. The second-order valence-electron chi connectivity index (χ2n) is 3.27. The first-order valence-corrected chi connectivity index (χ1v) is 6.30. The molecule has 0 amide bonds. The van der Waals surface area contributed by atoms with Crippen molar-refractivity contribution in [3.05, 3.63) is 44.7 Å². The maximum atomic E-state index is 8.75. The zero-order valence-electron chi connectivity index (χ0n) is 8.78. The average molecular weight is 344 g/mol. The largest absolute Gasteiger partial charge is 0.338 e. The van der Waals surface area contributed by atoms with Crippen LogP contribution in [-0.4, -0.2) is 9.97 Å². The van der Waals surface area contributed by atoms with E-state index in [0.717, 1.165) is 0 Å². The molecule has 0 saturated heterocycles. The number of rotatable bonds is 2. The van der Waals surface area contributed by atoms with E-state index in [1.807, 2.05) is 6.07 Å². The van der Waals surface area contributed by atoms with Gasteiger partial charge in [-0.05, 0) is 45.7 Å². The number of hydrogen-bond acceptors (Lipinski definition) is 4. The smallest absolute Gasteiger partial charge is 0.224 e. The Kier molecular flexibility index (Phi) is 4.02. The number of halogens is 3. The molecular formula is C11H5BrCl2N4. The van der Waals surface area contributed by atoms with Gasteiger partial charge in [0.15, 0.2) is 0 Å². The van der Waals surface area contributed by atoms with Crippen molar-refractivity contribution in [2.24, 2.45) is 0 Å². The topological polar surface area (TPSA) is 61.6 Å². The van der Waals surface area contributed by atoms with Gasteiger partial charge in [-0.25, -0.2) is 4.98 Å². The van der Waals surface area contributed by atoms with Crippen LogP contribution in [0.3, 0.4) is 0 Å². The third-order valence-corrected chi connectivity index (χ3v) is 3.14. The van der Waals surface area contributed by atoms with Gasteiger partial charge in [0, 0.05) is 6.20 Å². The summed E-state index contributed by atoms with van der Waals surface area (Å²) in [4.78, 5) is 7.85. The highest BCUT2D eigenvalue weighted by Gasteiger charge is 2.07. The Balaban J connectivity index is 2.34. The third-order valence-electron chi connectivity index (χ3n) is 2.07. The van der Waals surface area contributed by atoms with Crippen LogP contribution in [0, 0.1) is 11.3 Å². The van der Waals surface area contributed by atoms with Crippen LogP contribution in [0.4, 0.5) is 11.5 Å². The van der Waals surface area contributed by atoms with Crippen LogP contribution in [0.25, 0.3) is 0 Å². The molecule has 0 bridgehead atoms. The van der Waals surface area contributed by atoms with Gasteiger partial charge in [0.05, 0.1) is 26.8 Å². The molecule has 0 spiro atoms. The quantitative estimate of drug-likeness (QED) is 0.831. The Morgan fingerprint density at radius 2 is 2.11 bits per heavy atom. The summed E-state index contributed by atoms with van der Waals surface area (Å²) in [7, 11) is 0. The van der Waals surface area contributed by atoms with Crippen LogP contribution < -0.4 is 5.32 Å². The van der Waals surface area contributed by atoms with Crippen LogP contribution in [0.15, 0.2) is 28.9 Å². The van der Waals surface area contributed by atoms with Crippen LogP contribution in [0.5, 0.6) is 0 Å². The molecule has 1 N–H and O–H groups in total. The number of anilines is 2. The lowest BCUT2D eigenvalue weighted by atomic mass is 10.2. The summed E-state index contributed by atoms with van der Waals surface area (Å²) in [5, 5.41) is 12.3. The lowest BCUT2D eigenvalue weighted by molar-refractivity contribution is 1.15. The molecule has 0 radical (unpaired) electrons. The van der Waals surface area contributed by atoms with E-state index in [1.165, 1.54) is 6.20 Å². The van der Waals surface area contributed by atoms with E-state index in [2.05, 4.69) is 31.2 Å². The summed E-state index contributed by atoms with van der Waals surface area (Å²) in [6, 6.07) is 6.94. The van der Waals surface area contributed by atoms with Gasteiger partial charge >= 0.3 is 0 Å². The van der Waals surface area contributed by atoms with Gasteiger partial charge in [0.25, 0.3) is 0 Å². The Bertz CT molecular complexity index is 639.